The highest BCUT2D eigenvalue weighted by Gasteiger charge is 2.08. The third-order valence-electron chi connectivity index (χ3n) is 1.68. The molecule has 0 unspecified atom stereocenters. The number of carbonyl (C=O) groups is 1. The molecule has 15 heavy (non-hydrogen) atoms. The number of amides is 1. The standard InChI is InChI=1S/C10H10N2O3/c1-8(13)11-7-6-9-4-2-3-5-10(9)12(14)15/h2-7H,1H3,(H,11,13). The fourth-order valence-electron chi connectivity index (χ4n) is 1.04. The highest BCUT2D eigenvalue weighted by Crippen LogP contribution is 2.18. The molecule has 0 saturated heterocycles. The van der Waals surface area contributed by atoms with E-state index in [1.807, 2.05) is 0 Å². The second-order valence-electron chi connectivity index (χ2n) is 2.85. The lowest BCUT2D eigenvalue weighted by atomic mass is 10.2. The van der Waals surface area contributed by atoms with Crippen molar-refractivity contribution in [1.29, 1.82) is 0 Å². The van der Waals surface area contributed by atoms with Gasteiger partial charge in [-0.3, -0.25) is 14.9 Å². The predicted octanol–water partition coefficient (Wildman–Crippen LogP) is 1.70. The van der Waals surface area contributed by atoms with E-state index in [2.05, 4.69) is 5.32 Å². The molecule has 0 aliphatic rings. The maximum atomic E-state index is 10.6. The number of nitrogens with zero attached hydrogens (tertiary/aromatic N) is 1. The first kappa shape index (κ1) is 10.9. The Morgan fingerprint density at radius 1 is 1.47 bits per heavy atom. The molecule has 1 amide bonds. The number of nitro benzene ring substituents is 1. The molecule has 1 N–H and O–H groups in total. The molecule has 0 radical (unpaired) electrons. The van der Waals surface area contributed by atoms with E-state index in [1.54, 1.807) is 18.2 Å². The van der Waals surface area contributed by atoms with Crippen molar-refractivity contribution >= 4 is 17.7 Å². The fraction of sp³-hybridized carbons (Fsp3) is 0.100. The summed E-state index contributed by atoms with van der Waals surface area (Å²) in [5.74, 6) is -0.218. The van der Waals surface area contributed by atoms with Crippen LogP contribution >= 0.6 is 0 Å². The van der Waals surface area contributed by atoms with E-state index < -0.39 is 4.92 Å². The van der Waals surface area contributed by atoms with Gasteiger partial charge in [0.25, 0.3) is 5.69 Å². The number of hydrogen-bond acceptors (Lipinski definition) is 3. The first-order valence-corrected chi connectivity index (χ1v) is 4.28. The minimum absolute atomic E-state index is 0.0131. The summed E-state index contributed by atoms with van der Waals surface area (Å²) in [4.78, 5) is 20.7. The van der Waals surface area contributed by atoms with E-state index in [4.69, 9.17) is 0 Å². The molecule has 1 aromatic rings. The van der Waals surface area contributed by atoms with Crippen LogP contribution in [0.4, 0.5) is 5.69 Å². The Balaban J connectivity index is 2.89. The molecule has 0 aliphatic carbocycles. The van der Waals surface area contributed by atoms with Crippen molar-refractivity contribution in [2.45, 2.75) is 6.92 Å². The van der Waals surface area contributed by atoms with Crippen LogP contribution in [0.25, 0.3) is 6.08 Å². The fourth-order valence-corrected chi connectivity index (χ4v) is 1.04. The monoisotopic (exact) mass is 206 g/mol. The zero-order chi connectivity index (χ0) is 11.3. The van der Waals surface area contributed by atoms with Crippen LogP contribution in [0, 0.1) is 10.1 Å². The molecule has 78 valence electrons. The third kappa shape index (κ3) is 3.22. The molecule has 0 aliphatic heterocycles. The lowest BCUT2D eigenvalue weighted by Crippen LogP contribution is -2.11. The maximum absolute atomic E-state index is 10.6. The SMILES string of the molecule is CC(=O)NC=Cc1ccccc1[N+](=O)[O-]. The van der Waals surface area contributed by atoms with Crippen LogP contribution in [0.3, 0.4) is 0 Å². The third-order valence-corrected chi connectivity index (χ3v) is 1.68. The zero-order valence-corrected chi connectivity index (χ0v) is 8.14. The van der Waals surface area contributed by atoms with Crippen molar-refractivity contribution in [2.75, 3.05) is 0 Å². The summed E-state index contributed by atoms with van der Waals surface area (Å²) in [5, 5.41) is 13.0. The van der Waals surface area contributed by atoms with E-state index in [9.17, 15) is 14.9 Å². The lowest BCUT2D eigenvalue weighted by molar-refractivity contribution is -0.385. The maximum Gasteiger partial charge on any atom is 0.276 e. The molecule has 0 spiro atoms. The molecule has 0 fully saturated rings. The van der Waals surface area contributed by atoms with E-state index >= 15 is 0 Å². The molecular weight excluding hydrogens is 196 g/mol. The average molecular weight is 206 g/mol. The first-order chi connectivity index (χ1) is 7.11. The van der Waals surface area contributed by atoms with Crippen LogP contribution < -0.4 is 5.32 Å². The second-order valence-corrected chi connectivity index (χ2v) is 2.85. The van der Waals surface area contributed by atoms with Gasteiger partial charge in [0, 0.05) is 19.2 Å². The van der Waals surface area contributed by atoms with E-state index in [0.717, 1.165) is 0 Å². The summed E-state index contributed by atoms with van der Waals surface area (Å²) in [7, 11) is 0. The summed E-state index contributed by atoms with van der Waals surface area (Å²) < 4.78 is 0. The minimum Gasteiger partial charge on any atom is -0.333 e. The van der Waals surface area contributed by atoms with E-state index in [1.165, 1.54) is 25.3 Å². The quantitative estimate of drug-likeness (QED) is 0.604. The highest BCUT2D eigenvalue weighted by atomic mass is 16.6. The topological polar surface area (TPSA) is 72.2 Å². The Bertz CT molecular complexity index is 413. The number of para-hydroxylation sites is 1. The summed E-state index contributed by atoms with van der Waals surface area (Å²) >= 11 is 0. The molecule has 1 aromatic carbocycles. The molecule has 1 rings (SSSR count). The van der Waals surface area contributed by atoms with Crippen molar-refractivity contribution in [2.24, 2.45) is 0 Å². The van der Waals surface area contributed by atoms with Gasteiger partial charge in [-0.1, -0.05) is 12.1 Å². The first-order valence-electron chi connectivity index (χ1n) is 4.28. The van der Waals surface area contributed by atoms with Gasteiger partial charge in [-0.05, 0) is 12.1 Å². The van der Waals surface area contributed by atoms with Gasteiger partial charge < -0.3 is 5.32 Å². The van der Waals surface area contributed by atoms with Gasteiger partial charge in [-0.15, -0.1) is 0 Å². The molecule has 0 aromatic heterocycles. The number of benzene rings is 1. The van der Waals surface area contributed by atoms with Crippen molar-refractivity contribution in [3.05, 3.63) is 46.1 Å². The van der Waals surface area contributed by atoms with Crippen LogP contribution in [0.1, 0.15) is 12.5 Å². The lowest BCUT2D eigenvalue weighted by Gasteiger charge is -1.96. The molecule has 0 atom stereocenters. The van der Waals surface area contributed by atoms with Crippen LogP contribution in [-0.4, -0.2) is 10.8 Å². The Morgan fingerprint density at radius 3 is 2.73 bits per heavy atom. The summed E-state index contributed by atoms with van der Waals surface area (Å²) in [5.41, 5.74) is 0.468. The van der Waals surface area contributed by atoms with Crippen LogP contribution in [0.2, 0.25) is 0 Å². The summed E-state index contributed by atoms with van der Waals surface area (Å²) in [6.45, 7) is 1.36. The molecule has 0 heterocycles. The number of nitrogens with one attached hydrogen (secondary N) is 1. The van der Waals surface area contributed by atoms with Gasteiger partial charge in [0.15, 0.2) is 0 Å². The molecule has 5 heteroatoms. The Hall–Kier alpha value is -2.17. The number of nitro groups is 1. The number of carbonyl (C=O) groups excluding carboxylic acids is 1. The Morgan fingerprint density at radius 2 is 2.13 bits per heavy atom. The minimum atomic E-state index is -0.465. The summed E-state index contributed by atoms with van der Waals surface area (Å²) in [6.07, 6.45) is 2.87. The van der Waals surface area contributed by atoms with E-state index in [0.29, 0.717) is 5.56 Å². The van der Waals surface area contributed by atoms with Gasteiger partial charge in [-0.2, -0.15) is 0 Å². The van der Waals surface area contributed by atoms with Gasteiger partial charge in [0.05, 0.1) is 10.5 Å². The van der Waals surface area contributed by atoms with Gasteiger partial charge in [0.2, 0.25) is 5.91 Å². The molecule has 5 nitrogen and oxygen atoms in total. The van der Waals surface area contributed by atoms with Crippen molar-refractivity contribution < 1.29 is 9.72 Å². The second kappa shape index (κ2) is 4.90. The highest BCUT2D eigenvalue weighted by molar-refractivity contribution is 5.75. The van der Waals surface area contributed by atoms with Gasteiger partial charge in [-0.25, -0.2) is 0 Å². The van der Waals surface area contributed by atoms with Crippen LogP contribution in [-0.2, 0) is 4.79 Å². The van der Waals surface area contributed by atoms with Crippen LogP contribution in [0.5, 0.6) is 0 Å². The van der Waals surface area contributed by atoms with Crippen LogP contribution in [0.15, 0.2) is 30.5 Å². The normalized spacial score (nSPS) is 10.2. The molecule has 0 saturated carbocycles. The number of rotatable bonds is 3. The smallest absolute Gasteiger partial charge is 0.276 e. The Kier molecular flexibility index (Phi) is 3.56. The van der Waals surface area contributed by atoms with Crippen molar-refractivity contribution in [1.82, 2.24) is 5.32 Å². The summed E-state index contributed by atoms with van der Waals surface area (Å²) in [6, 6.07) is 6.30. The van der Waals surface area contributed by atoms with Gasteiger partial charge in [0.1, 0.15) is 0 Å². The average Bonchev–Trinajstić information content (AvgIpc) is 2.17. The van der Waals surface area contributed by atoms with E-state index in [-0.39, 0.29) is 11.6 Å². The predicted molar refractivity (Wildman–Crippen MR) is 55.9 cm³/mol. The molecular formula is C10H10N2O3. The largest absolute Gasteiger partial charge is 0.333 e. The van der Waals surface area contributed by atoms with Crippen molar-refractivity contribution in [3.63, 3.8) is 0 Å². The Labute approximate surface area is 86.6 Å². The van der Waals surface area contributed by atoms with Gasteiger partial charge >= 0.3 is 0 Å². The zero-order valence-electron chi connectivity index (χ0n) is 8.14. The number of hydrogen-bond donors (Lipinski definition) is 1. The molecule has 0 bridgehead atoms. The van der Waals surface area contributed by atoms with Crippen molar-refractivity contribution in [3.8, 4) is 0 Å².